The largest absolute Gasteiger partial charge is 0.240 e. The minimum Gasteiger partial charge on any atom is -0.240 e. The second-order valence-corrected chi connectivity index (χ2v) is 3.43. The summed E-state index contributed by atoms with van der Waals surface area (Å²) in [4.78, 5) is 0. The Kier molecular flexibility index (Phi) is 2.47. The average molecular weight is 140 g/mol. The monoisotopic (exact) mass is 140 g/mol. The molecular weight excluding hydrogens is 122 g/mol. The predicted octanol–water partition coefficient (Wildman–Crippen LogP) is 1.91. The van der Waals surface area contributed by atoms with Gasteiger partial charge in [-0.05, 0) is 12.8 Å². The molecule has 0 saturated carbocycles. The minimum atomic E-state index is 0.952. The molecule has 0 amide bonds. The smallest absolute Gasteiger partial charge is 0.148 e. The van der Waals surface area contributed by atoms with Crippen LogP contribution in [0, 0.1) is 5.92 Å². The summed E-state index contributed by atoms with van der Waals surface area (Å²) in [7, 11) is 2.21. The van der Waals surface area contributed by atoms with E-state index >= 15 is 0 Å². The molecule has 1 nitrogen and oxygen atoms in total. The van der Waals surface area contributed by atoms with Gasteiger partial charge in [0.15, 0.2) is 0 Å². The van der Waals surface area contributed by atoms with Gasteiger partial charge >= 0.3 is 0 Å². The van der Waals surface area contributed by atoms with Crippen molar-refractivity contribution >= 4 is 5.71 Å². The molecule has 0 spiro atoms. The van der Waals surface area contributed by atoms with E-state index < -0.39 is 0 Å². The van der Waals surface area contributed by atoms with Gasteiger partial charge in [-0.2, -0.15) is 0 Å². The zero-order valence-corrected chi connectivity index (χ0v) is 7.35. The van der Waals surface area contributed by atoms with Crippen LogP contribution >= 0.6 is 0 Å². The molecule has 0 aromatic carbocycles. The summed E-state index contributed by atoms with van der Waals surface area (Å²) in [5.74, 6) is 0.952. The van der Waals surface area contributed by atoms with Gasteiger partial charge in [-0.1, -0.05) is 6.92 Å². The molecule has 0 aliphatic carbocycles. The van der Waals surface area contributed by atoms with Crippen molar-refractivity contribution in [3.8, 4) is 0 Å². The summed E-state index contributed by atoms with van der Waals surface area (Å²) < 4.78 is 2.40. The van der Waals surface area contributed by atoms with Crippen molar-refractivity contribution < 1.29 is 4.58 Å². The van der Waals surface area contributed by atoms with Crippen molar-refractivity contribution in [2.75, 3.05) is 13.6 Å². The SMILES string of the molecule is CCC1CCC(C)=[N+](C)C1. The lowest BCUT2D eigenvalue weighted by atomic mass is 9.95. The highest BCUT2D eigenvalue weighted by Crippen LogP contribution is 2.15. The first-order chi connectivity index (χ1) is 4.74. The third-order valence-corrected chi connectivity index (χ3v) is 2.68. The van der Waals surface area contributed by atoms with Gasteiger partial charge in [0.25, 0.3) is 0 Å². The van der Waals surface area contributed by atoms with E-state index in [9.17, 15) is 0 Å². The molecule has 0 saturated heterocycles. The summed E-state index contributed by atoms with van der Waals surface area (Å²) >= 11 is 0. The van der Waals surface area contributed by atoms with E-state index in [-0.39, 0.29) is 0 Å². The topological polar surface area (TPSA) is 3.01 Å². The molecule has 1 aliphatic rings. The van der Waals surface area contributed by atoms with Crippen LogP contribution in [-0.2, 0) is 0 Å². The van der Waals surface area contributed by atoms with Crippen molar-refractivity contribution in [3.63, 3.8) is 0 Å². The van der Waals surface area contributed by atoms with Crippen LogP contribution in [0.4, 0.5) is 0 Å². The van der Waals surface area contributed by atoms with Gasteiger partial charge in [0, 0.05) is 19.3 Å². The van der Waals surface area contributed by atoms with Crippen LogP contribution in [0.1, 0.15) is 33.1 Å². The molecule has 1 rings (SSSR count). The molecule has 0 aromatic rings. The van der Waals surface area contributed by atoms with Crippen LogP contribution in [0.3, 0.4) is 0 Å². The zero-order chi connectivity index (χ0) is 7.56. The first kappa shape index (κ1) is 7.77. The average Bonchev–Trinajstić information content (AvgIpc) is 1.95. The van der Waals surface area contributed by atoms with Gasteiger partial charge < -0.3 is 0 Å². The molecule has 1 unspecified atom stereocenters. The maximum Gasteiger partial charge on any atom is 0.148 e. The second-order valence-electron chi connectivity index (χ2n) is 3.43. The Morgan fingerprint density at radius 1 is 1.60 bits per heavy atom. The Bertz CT molecular complexity index is 147. The van der Waals surface area contributed by atoms with Gasteiger partial charge in [0.05, 0.1) is 0 Å². The Morgan fingerprint density at radius 3 is 2.80 bits per heavy atom. The van der Waals surface area contributed by atoms with Crippen molar-refractivity contribution in [1.82, 2.24) is 0 Å². The molecule has 1 atom stereocenters. The highest BCUT2D eigenvalue weighted by molar-refractivity contribution is 5.77. The summed E-state index contributed by atoms with van der Waals surface area (Å²) in [5, 5.41) is 0. The molecule has 58 valence electrons. The van der Waals surface area contributed by atoms with E-state index in [4.69, 9.17) is 0 Å². The van der Waals surface area contributed by atoms with Crippen LogP contribution in [0.2, 0.25) is 0 Å². The lowest BCUT2D eigenvalue weighted by molar-refractivity contribution is -0.511. The van der Waals surface area contributed by atoms with Crippen molar-refractivity contribution in [3.05, 3.63) is 0 Å². The highest BCUT2D eigenvalue weighted by Gasteiger charge is 2.19. The number of hydrogen-bond donors (Lipinski definition) is 0. The molecule has 0 bridgehead atoms. The maximum atomic E-state index is 2.40. The van der Waals surface area contributed by atoms with Gasteiger partial charge in [0.2, 0.25) is 0 Å². The molecule has 10 heavy (non-hydrogen) atoms. The van der Waals surface area contributed by atoms with E-state index in [0.29, 0.717) is 0 Å². The van der Waals surface area contributed by atoms with E-state index in [1.54, 1.807) is 5.71 Å². The maximum absolute atomic E-state index is 2.40. The van der Waals surface area contributed by atoms with Crippen LogP contribution in [0.25, 0.3) is 0 Å². The number of nitrogens with zero attached hydrogens (tertiary/aromatic N) is 1. The van der Waals surface area contributed by atoms with Gasteiger partial charge in [-0.3, -0.25) is 0 Å². The molecule has 1 heteroatoms. The van der Waals surface area contributed by atoms with Crippen molar-refractivity contribution in [1.29, 1.82) is 0 Å². The quantitative estimate of drug-likeness (QED) is 0.489. The van der Waals surface area contributed by atoms with Crippen LogP contribution in [0.15, 0.2) is 0 Å². The normalized spacial score (nSPS) is 27.3. The second kappa shape index (κ2) is 3.18. The fourth-order valence-electron chi connectivity index (χ4n) is 1.57. The fraction of sp³-hybridized carbons (Fsp3) is 0.889. The zero-order valence-electron chi connectivity index (χ0n) is 7.35. The van der Waals surface area contributed by atoms with Crippen LogP contribution < -0.4 is 0 Å². The molecule has 0 radical (unpaired) electrons. The standard InChI is InChI=1S/C9H18N/c1-4-9-6-5-8(2)10(3)7-9/h9H,4-7H2,1-3H3/q+1. The summed E-state index contributed by atoms with van der Waals surface area (Å²) in [5.41, 5.74) is 1.56. The van der Waals surface area contributed by atoms with Gasteiger partial charge in [-0.25, -0.2) is 4.58 Å². The summed E-state index contributed by atoms with van der Waals surface area (Å²) in [6.45, 7) is 5.81. The first-order valence-electron chi connectivity index (χ1n) is 4.27. The lowest BCUT2D eigenvalue weighted by Gasteiger charge is -2.17. The first-order valence-corrected chi connectivity index (χ1v) is 4.27. The minimum absolute atomic E-state index is 0.952. The van der Waals surface area contributed by atoms with Crippen LogP contribution in [0.5, 0.6) is 0 Å². The molecule has 0 aromatic heterocycles. The fourth-order valence-corrected chi connectivity index (χ4v) is 1.57. The Balaban J connectivity index is 2.54. The van der Waals surface area contributed by atoms with E-state index in [1.807, 2.05) is 0 Å². The number of rotatable bonds is 1. The van der Waals surface area contributed by atoms with Crippen LogP contribution in [-0.4, -0.2) is 23.9 Å². The van der Waals surface area contributed by atoms with E-state index in [2.05, 4.69) is 25.5 Å². The molecule has 1 aliphatic heterocycles. The highest BCUT2D eigenvalue weighted by atomic mass is 15.0. The van der Waals surface area contributed by atoms with Crippen molar-refractivity contribution in [2.45, 2.75) is 33.1 Å². The third kappa shape index (κ3) is 1.59. The van der Waals surface area contributed by atoms with Gasteiger partial charge in [0.1, 0.15) is 19.3 Å². The summed E-state index contributed by atoms with van der Waals surface area (Å²) in [6.07, 6.45) is 4.07. The van der Waals surface area contributed by atoms with Gasteiger partial charge in [-0.15, -0.1) is 0 Å². The van der Waals surface area contributed by atoms with E-state index in [0.717, 1.165) is 5.92 Å². The Labute approximate surface area is 63.8 Å². The molecule has 0 N–H and O–H groups in total. The third-order valence-electron chi connectivity index (χ3n) is 2.68. The molecular formula is C9H18N+. The predicted molar refractivity (Wildman–Crippen MR) is 44.7 cm³/mol. The van der Waals surface area contributed by atoms with Crippen molar-refractivity contribution in [2.24, 2.45) is 5.92 Å². The van der Waals surface area contributed by atoms with E-state index in [1.165, 1.54) is 25.8 Å². The Morgan fingerprint density at radius 2 is 2.30 bits per heavy atom. The summed E-state index contributed by atoms with van der Waals surface area (Å²) in [6, 6.07) is 0. The molecule has 1 heterocycles. The number of hydrogen-bond acceptors (Lipinski definition) is 0. The lowest BCUT2D eigenvalue weighted by Crippen LogP contribution is -2.27. The Hall–Kier alpha value is -0.330. The molecule has 0 fully saturated rings.